The van der Waals surface area contributed by atoms with Gasteiger partial charge in [0.05, 0.1) is 24.7 Å². The molecule has 5 nitrogen and oxygen atoms in total. The third-order valence-corrected chi connectivity index (χ3v) is 2.04. The molecule has 0 saturated heterocycles. The minimum Gasteiger partial charge on any atom is -0.392 e. The molecule has 15 heavy (non-hydrogen) atoms. The maximum absolute atomic E-state index is 10.8. The third kappa shape index (κ3) is 1.77. The number of hydrogen-bond acceptors (Lipinski definition) is 4. The Balaban J connectivity index is 2.52. The van der Waals surface area contributed by atoms with Gasteiger partial charge in [0.25, 0.3) is 0 Å². The lowest BCUT2D eigenvalue weighted by atomic mass is 10.1. The Kier molecular flexibility index (Phi) is 2.55. The number of nitrogens with zero attached hydrogens (tertiary/aromatic N) is 3. The van der Waals surface area contributed by atoms with Crippen LogP contribution in [-0.2, 0) is 6.61 Å². The molecule has 0 bridgehead atoms. The Morgan fingerprint density at radius 1 is 1.33 bits per heavy atom. The van der Waals surface area contributed by atoms with Crippen LogP contribution in [0.1, 0.15) is 15.9 Å². The molecule has 1 N–H and O–H groups in total. The normalized spacial score (nSPS) is 10.2. The summed E-state index contributed by atoms with van der Waals surface area (Å²) in [5.41, 5.74) is 1.75. The van der Waals surface area contributed by atoms with Crippen molar-refractivity contribution in [3.63, 3.8) is 0 Å². The van der Waals surface area contributed by atoms with Crippen molar-refractivity contribution in [2.45, 2.75) is 6.61 Å². The van der Waals surface area contributed by atoms with Gasteiger partial charge >= 0.3 is 0 Å². The Morgan fingerprint density at radius 2 is 2.07 bits per heavy atom. The van der Waals surface area contributed by atoms with Gasteiger partial charge in [-0.05, 0) is 17.7 Å². The Hall–Kier alpha value is -2.01. The van der Waals surface area contributed by atoms with Gasteiger partial charge < -0.3 is 5.11 Å². The molecule has 5 heteroatoms. The van der Waals surface area contributed by atoms with Crippen LogP contribution in [0.3, 0.4) is 0 Å². The SMILES string of the molecule is O=Cc1cc(CO)ccc1-n1nccn1. The highest BCUT2D eigenvalue weighted by molar-refractivity contribution is 5.81. The van der Waals surface area contributed by atoms with Gasteiger partial charge in [-0.3, -0.25) is 4.79 Å². The number of aldehydes is 1. The smallest absolute Gasteiger partial charge is 0.152 e. The molecule has 0 unspecified atom stereocenters. The zero-order valence-electron chi connectivity index (χ0n) is 7.87. The zero-order valence-corrected chi connectivity index (χ0v) is 7.87. The van der Waals surface area contributed by atoms with Crippen LogP contribution < -0.4 is 0 Å². The van der Waals surface area contributed by atoms with Crippen molar-refractivity contribution in [2.75, 3.05) is 0 Å². The van der Waals surface area contributed by atoms with Crippen LogP contribution in [0.4, 0.5) is 0 Å². The molecule has 1 aromatic carbocycles. The molecule has 0 aliphatic heterocycles. The molecule has 1 aromatic heterocycles. The van der Waals surface area contributed by atoms with E-state index < -0.39 is 0 Å². The van der Waals surface area contributed by atoms with Gasteiger partial charge in [0.1, 0.15) is 0 Å². The van der Waals surface area contributed by atoms with Crippen LogP contribution in [0.25, 0.3) is 5.69 Å². The van der Waals surface area contributed by atoms with Crippen molar-refractivity contribution in [2.24, 2.45) is 0 Å². The number of rotatable bonds is 3. The van der Waals surface area contributed by atoms with E-state index in [2.05, 4.69) is 10.2 Å². The highest BCUT2D eigenvalue weighted by Crippen LogP contribution is 2.13. The first kappa shape index (κ1) is 9.54. The van der Waals surface area contributed by atoms with Gasteiger partial charge in [-0.15, -0.1) is 0 Å². The van der Waals surface area contributed by atoms with Crippen molar-refractivity contribution in [1.82, 2.24) is 15.0 Å². The topological polar surface area (TPSA) is 68.0 Å². The first-order chi connectivity index (χ1) is 7.35. The first-order valence-corrected chi connectivity index (χ1v) is 4.41. The summed E-state index contributed by atoms with van der Waals surface area (Å²) in [7, 11) is 0. The first-order valence-electron chi connectivity index (χ1n) is 4.41. The number of aliphatic hydroxyl groups excluding tert-OH is 1. The lowest BCUT2D eigenvalue weighted by Gasteiger charge is -2.04. The third-order valence-electron chi connectivity index (χ3n) is 2.04. The van der Waals surface area contributed by atoms with Crippen LogP contribution in [0.5, 0.6) is 0 Å². The molecule has 0 spiro atoms. The van der Waals surface area contributed by atoms with Crippen LogP contribution in [0.2, 0.25) is 0 Å². The quantitative estimate of drug-likeness (QED) is 0.740. The standard InChI is InChI=1S/C10H9N3O2/c14-6-8-1-2-10(9(5-8)7-15)13-11-3-4-12-13/h1-5,7,14H,6H2. The number of aromatic nitrogens is 3. The Labute approximate surface area is 86.0 Å². The van der Waals surface area contributed by atoms with Crippen LogP contribution in [-0.4, -0.2) is 26.4 Å². The Morgan fingerprint density at radius 3 is 2.67 bits per heavy atom. The summed E-state index contributed by atoms with van der Waals surface area (Å²) in [4.78, 5) is 12.2. The van der Waals surface area contributed by atoms with E-state index in [4.69, 9.17) is 5.11 Å². The zero-order chi connectivity index (χ0) is 10.7. The summed E-state index contributed by atoms with van der Waals surface area (Å²) in [6.45, 7) is -0.0896. The molecule has 0 aliphatic carbocycles. The van der Waals surface area contributed by atoms with Gasteiger partial charge in [-0.2, -0.15) is 15.0 Å². The average molecular weight is 203 g/mol. The van der Waals surface area contributed by atoms with Crippen LogP contribution >= 0.6 is 0 Å². The van der Waals surface area contributed by atoms with E-state index in [0.29, 0.717) is 16.8 Å². The molecular weight excluding hydrogens is 194 g/mol. The molecule has 1 heterocycles. The molecular formula is C10H9N3O2. The average Bonchev–Trinajstić information content (AvgIpc) is 2.81. The maximum Gasteiger partial charge on any atom is 0.152 e. The van der Waals surface area contributed by atoms with E-state index >= 15 is 0 Å². The Bertz CT molecular complexity index is 466. The number of aliphatic hydroxyl groups is 1. The summed E-state index contributed by atoms with van der Waals surface area (Å²) < 4.78 is 0. The van der Waals surface area contributed by atoms with E-state index in [9.17, 15) is 4.79 Å². The van der Waals surface area contributed by atoms with Crippen molar-refractivity contribution < 1.29 is 9.90 Å². The summed E-state index contributed by atoms with van der Waals surface area (Å²) >= 11 is 0. The van der Waals surface area contributed by atoms with Crippen LogP contribution in [0.15, 0.2) is 30.6 Å². The highest BCUT2D eigenvalue weighted by Gasteiger charge is 2.05. The van der Waals surface area contributed by atoms with Gasteiger partial charge in [0, 0.05) is 5.56 Å². The van der Waals surface area contributed by atoms with Crippen molar-refractivity contribution in [3.8, 4) is 5.69 Å². The second-order valence-electron chi connectivity index (χ2n) is 2.99. The van der Waals surface area contributed by atoms with Crippen LogP contribution in [0, 0.1) is 0 Å². The van der Waals surface area contributed by atoms with E-state index in [1.165, 1.54) is 17.2 Å². The second kappa shape index (κ2) is 4.02. The number of benzene rings is 1. The van der Waals surface area contributed by atoms with Crippen molar-refractivity contribution in [1.29, 1.82) is 0 Å². The molecule has 0 atom stereocenters. The molecule has 0 radical (unpaired) electrons. The van der Waals surface area contributed by atoms with E-state index in [0.717, 1.165) is 6.29 Å². The van der Waals surface area contributed by atoms with E-state index in [1.54, 1.807) is 18.2 Å². The lowest BCUT2D eigenvalue weighted by molar-refractivity contribution is 0.112. The monoisotopic (exact) mass is 203 g/mol. The fourth-order valence-electron chi connectivity index (χ4n) is 1.32. The number of carbonyl (C=O) groups excluding carboxylic acids is 1. The van der Waals surface area contributed by atoms with Gasteiger partial charge in [0.15, 0.2) is 6.29 Å². The molecule has 2 aromatic rings. The maximum atomic E-state index is 10.8. The van der Waals surface area contributed by atoms with Gasteiger partial charge in [0.2, 0.25) is 0 Å². The second-order valence-corrected chi connectivity index (χ2v) is 2.99. The predicted molar refractivity (Wildman–Crippen MR) is 52.7 cm³/mol. The highest BCUT2D eigenvalue weighted by atomic mass is 16.3. The number of hydrogen-bond donors (Lipinski definition) is 1. The van der Waals surface area contributed by atoms with Gasteiger partial charge in [-0.25, -0.2) is 0 Å². The fourth-order valence-corrected chi connectivity index (χ4v) is 1.32. The summed E-state index contributed by atoms with van der Waals surface area (Å²) in [5, 5.41) is 16.8. The fraction of sp³-hybridized carbons (Fsp3) is 0.100. The minimum absolute atomic E-state index is 0.0896. The van der Waals surface area contributed by atoms with Crippen molar-refractivity contribution >= 4 is 6.29 Å². The predicted octanol–water partition coefficient (Wildman–Crippen LogP) is 0.572. The molecule has 0 amide bonds. The summed E-state index contributed by atoms with van der Waals surface area (Å²) in [6, 6.07) is 5.05. The van der Waals surface area contributed by atoms with E-state index in [-0.39, 0.29) is 6.61 Å². The number of carbonyl (C=O) groups is 1. The van der Waals surface area contributed by atoms with Gasteiger partial charge in [-0.1, -0.05) is 6.07 Å². The largest absolute Gasteiger partial charge is 0.392 e. The molecule has 2 rings (SSSR count). The summed E-state index contributed by atoms with van der Waals surface area (Å²) in [6.07, 6.45) is 3.79. The summed E-state index contributed by atoms with van der Waals surface area (Å²) in [5.74, 6) is 0. The molecule has 0 fully saturated rings. The van der Waals surface area contributed by atoms with E-state index in [1.807, 2.05) is 0 Å². The lowest BCUT2D eigenvalue weighted by Crippen LogP contribution is -2.03. The minimum atomic E-state index is -0.0896. The molecule has 76 valence electrons. The molecule has 0 aliphatic rings. The van der Waals surface area contributed by atoms with Crippen molar-refractivity contribution in [3.05, 3.63) is 41.7 Å². The molecule has 0 saturated carbocycles.